The lowest BCUT2D eigenvalue weighted by Crippen LogP contribution is -2.42. The number of nitrogens with one attached hydrogen (secondary N) is 3. The van der Waals surface area contributed by atoms with E-state index in [1.807, 2.05) is 36.4 Å². The minimum atomic E-state index is -0.216. The Morgan fingerprint density at radius 1 is 0.931 bits per heavy atom. The highest BCUT2D eigenvalue weighted by atomic mass is 35.5. The van der Waals surface area contributed by atoms with E-state index in [-0.39, 0.29) is 12.1 Å². The molecule has 2 amide bonds. The van der Waals surface area contributed by atoms with E-state index >= 15 is 0 Å². The van der Waals surface area contributed by atoms with Crippen LogP contribution in [0.5, 0.6) is 0 Å². The van der Waals surface area contributed by atoms with Crippen LogP contribution >= 0.6 is 23.2 Å². The van der Waals surface area contributed by atoms with Gasteiger partial charge in [-0.05, 0) is 62.1 Å². The van der Waals surface area contributed by atoms with Gasteiger partial charge in [0.2, 0.25) is 0 Å². The molecule has 0 bridgehead atoms. The molecule has 3 N–H and O–H groups in total. The van der Waals surface area contributed by atoms with Crippen LogP contribution in [0.25, 0.3) is 10.9 Å². The van der Waals surface area contributed by atoms with Crippen molar-refractivity contribution in [3.63, 3.8) is 0 Å². The Labute approximate surface area is 179 Å². The van der Waals surface area contributed by atoms with Crippen LogP contribution in [0, 0.1) is 0 Å². The molecule has 0 radical (unpaired) electrons. The maximum absolute atomic E-state index is 12.3. The second-order valence-electron chi connectivity index (χ2n) is 7.29. The normalized spacial score (nSPS) is 19.0. The van der Waals surface area contributed by atoms with Gasteiger partial charge in [0.1, 0.15) is 0 Å². The Kier molecular flexibility index (Phi) is 6.07. The predicted molar refractivity (Wildman–Crippen MR) is 120 cm³/mol. The topological polar surface area (TPSA) is 66.1 Å². The zero-order chi connectivity index (χ0) is 20.2. The molecule has 0 spiro atoms. The van der Waals surface area contributed by atoms with Crippen molar-refractivity contribution in [2.75, 3.05) is 10.6 Å². The monoisotopic (exact) mass is 428 g/mol. The number of urea groups is 1. The van der Waals surface area contributed by atoms with Crippen LogP contribution in [0.1, 0.15) is 25.7 Å². The van der Waals surface area contributed by atoms with Gasteiger partial charge in [0, 0.05) is 34.4 Å². The predicted octanol–water partition coefficient (Wildman–Crippen LogP) is 6.09. The zero-order valence-electron chi connectivity index (χ0n) is 15.8. The third-order valence-electron chi connectivity index (χ3n) is 5.25. The van der Waals surface area contributed by atoms with Crippen LogP contribution in [0.3, 0.4) is 0 Å². The first-order valence-electron chi connectivity index (χ1n) is 9.71. The van der Waals surface area contributed by atoms with Crippen molar-refractivity contribution in [2.45, 2.75) is 37.8 Å². The van der Waals surface area contributed by atoms with Crippen molar-refractivity contribution in [3.05, 3.63) is 64.8 Å². The molecule has 1 aliphatic carbocycles. The largest absolute Gasteiger partial charge is 0.382 e. The molecule has 1 fully saturated rings. The molecular weight excluding hydrogens is 407 g/mol. The third-order valence-corrected chi connectivity index (χ3v) is 5.81. The van der Waals surface area contributed by atoms with E-state index in [9.17, 15) is 4.79 Å². The maximum atomic E-state index is 12.3. The molecule has 7 heteroatoms. The van der Waals surface area contributed by atoms with E-state index in [0.29, 0.717) is 21.8 Å². The summed E-state index contributed by atoms with van der Waals surface area (Å²) in [6.07, 6.45) is 5.60. The standard InChI is InChI=1S/C22H22Cl2N4O/c23-14-5-10-17-19(11-12-25-21(17)13-14)26-15-6-8-16(9-7-15)27-22(29)28-20-4-2-1-3-18(20)24/h1-5,10-13,15-16H,6-9H2,(H,25,26)(H2,27,28,29). The van der Waals surface area contributed by atoms with Gasteiger partial charge in [-0.25, -0.2) is 4.79 Å². The second-order valence-corrected chi connectivity index (χ2v) is 8.13. The molecule has 1 aliphatic rings. The summed E-state index contributed by atoms with van der Waals surface area (Å²) in [6, 6.07) is 15.3. The number of hydrogen-bond donors (Lipinski definition) is 3. The number of rotatable bonds is 4. The van der Waals surface area contributed by atoms with Crippen molar-refractivity contribution >= 4 is 51.5 Å². The van der Waals surface area contributed by atoms with Gasteiger partial charge in [0.25, 0.3) is 0 Å². The quantitative estimate of drug-likeness (QED) is 0.471. The number of fused-ring (bicyclic) bond motifs is 1. The number of pyridine rings is 1. The highest BCUT2D eigenvalue weighted by molar-refractivity contribution is 6.33. The number of hydrogen-bond acceptors (Lipinski definition) is 3. The lowest BCUT2D eigenvalue weighted by molar-refractivity contribution is 0.243. The molecular formula is C22H22Cl2N4O. The van der Waals surface area contributed by atoms with Crippen LogP contribution in [0.15, 0.2) is 54.7 Å². The molecule has 0 aliphatic heterocycles. The maximum Gasteiger partial charge on any atom is 0.319 e. The summed E-state index contributed by atoms with van der Waals surface area (Å²) in [5.74, 6) is 0. The Morgan fingerprint density at radius 2 is 1.69 bits per heavy atom. The molecule has 1 saturated carbocycles. The van der Waals surface area contributed by atoms with Crippen LogP contribution in [0.4, 0.5) is 16.2 Å². The van der Waals surface area contributed by atoms with E-state index in [0.717, 1.165) is 42.3 Å². The first kappa shape index (κ1) is 19.8. The lowest BCUT2D eigenvalue weighted by atomic mass is 9.91. The van der Waals surface area contributed by atoms with Gasteiger partial charge < -0.3 is 16.0 Å². The molecule has 150 valence electrons. The lowest BCUT2D eigenvalue weighted by Gasteiger charge is -2.30. The first-order chi connectivity index (χ1) is 14.1. The van der Waals surface area contributed by atoms with Crippen LogP contribution in [-0.4, -0.2) is 23.1 Å². The van der Waals surface area contributed by atoms with Gasteiger partial charge in [-0.1, -0.05) is 35.3 Å². The van der Waals surface area contributed by atoms with Crippen LogP contribution < -0.4 is 16.0 Å². The molecule has 3 aromatic rings. The fourth-order valence-corrected chi connectivity index (χ4v) is 4.10. The number of nitrogens with zero attached hydrogens (tertiary/aromatic N) is 1. The summed E-state index contributed by atoms with van der Waals surface area (Å²) in [6.45, 7) is 0. The van der Waals surface area contributed by atoms with E-state index in [1.165, 1.54) is 0 Å². The zero-order valence-corrected chi connectivity index (χ0v) is 17.3. The number of para-hydroxylation sites is 1. The van der Waals surface area contributed by atoms with Crippen molar-refractivity contribution in [1.29, 1.82) is 0 Å². The van der Waals surface area contributed by atoms with Gasteiger partial charge in [0.15, 0.2) is 0 Å². The van der Waals surface area contributed by atoms with E-state index in [1.54, 1.807) is 18.3 Å². The number of aromatic nitrogens is 1. The number of amides is 2. The minimum Gasteiger partial charge on any atom is -0.382 e. The summed E-state index contributed by atoms with van der Waals surface area (Å²) in [7, 11) is 0. The summed E-state index contributed by atoms with van der Waals surface area (Å²) in [5, 5.41) is 11.8. The Morgan fingerprint density at radius 3 is 2.48 bits per heavy atom. The first-order valence-corrected chi connectivity index (χ1v) is 10.5. The Balaban J connectivity index is 1.31. The number of carbonyl (C=O) groups is 1. The average molecular weight is 429 g/mol. The molecule has 0 saturated heterocycles. The van der Waals surface area contributed by atoms with Gasteiger partial charge in [0.05, 0.1) is 16.2 Å². The molecule has 1 aromatic heterocycles. The van der Waals surface area contributed by atoms with Crippen LogP contribution in [-0.2, 0) is 0 Å². The molecule has 1 heterocycles. The summed E-state index contributed by atoms with van der Waals surface area (Å²) < 4.78 is 0. The second kappa shape index (κ2) is 8.89. The molecule has 0 unspecified atom stereocenters. The van der Waals surface area contributed by atoms with Gasteiger partial charge in [-0.2, -0.15) is 0 Å². The summed E-state index contributed by atoms with van der Waals surface area (Å²) in [4.78, 5) is 16.7. The minimum absolute atomic E-state index is 0.156. The number of halogens is 2. The van der Waals surface area contributed by atoms with E-state index in [4.69, 9.17) is 23.2 Å². The average Bonchev–Trinajstić information content (AvgIpc) is 2.71. The fraction of sp³-hybridized carbons (Fsp3) is 0.273. The third kappa shape index (κ3) is 4.92. The number of anilines is 2. The molecule has 4 rings (SSSR count). The van der Waals surface area contributed by atoms with Gasteiger partial charge in [-0.3, -0.25) is 4.98 Å². The highest BCUT2D eigenvalue weighted by Gasteiger charge is 2.23. The highest BCUT2D eigenvalue weighted by Crippen LogP contribution is 2.28. The summed E-state index contributed by atoms with van der Waals surface area (Å²) in [5.41, 5.74) is 2.57. The van der Waals surface area contributed by atoms with Crippen molar-refractivity contribution < 1.29 is 4.79 Å². The molecule has 2 aromatic carbocycles. The SMILES string of the molecule is O=C(Nc1ccccc1Cl)NC1CCC(Nc2ccnc3cc(Cl)ccc23)CC1. The Bertz CT molecular complexity index is 1020. The number of carbonyl (C=O) groups excluding carboxylic acids is 1. The van der Waals surface area contributed by atoms with Crippen LogP contribution in [0.2, 0.25) is 10.0 Å². The molecule has 5 nitrogen and oxygen atoms in total. The number of benzene rings is 2. The van der Waals surface area contributed by atoms with Crippen molar-refractivity contribution in [2.24, 2.45) is 0 Å². The van der Waals surface area contributed by atoms with Crippen molar-refractivity contribution in [1.82, 2.24) is 10.3 Å². The molecule has 0 atom stereocenters. The van der Waals surface area contributed by atoms with Gasteiger partial charge >= 0.3 is 6.03 Å². The van der Waals surface area contributed by atoms with Crippen molar-refractivity contribution in [3.8, 4) is 0 Å². The molecule has 29 heavy (non-hydrogen) atoms. The summed E-state index contributed by atoms with van der Waals surface area (Å²) >= 11 is 12.2. The van der Waals surface area contributed by atoms with E-state index < -0.39 is 0 Å². The Hall–Kier alpha value is -2.50. The smallest absolute Gasteiger partial charge is 0.319 e. The fourth-order valence-electron chi connectivity index (χ4n) is 3.76. The van der Waals surface area contributed by atoms with Gasteiger partial charge in [-0.15, -0.1) is 0 Å². The van der Waals surface area contributed by atoms with E-state index in [2.05, 4.69) is 20.9 Å².